The minimum absolute atomic E-state index is 1.83. The molecule has 0 radical (unpaired) electrons. The van der Waals surface area contributed by atoms with Crippen LogP contribution in [0.2, 0.25) is 9.88 Å². The summed E-state index contributed by atoms with van der Waals surface area (Å²) < 4.78 is 3.01. The van der Waals surface area contributed by atoms with Crippen LogP contribution in [0.15, 0.2) is 0 Å². The first kappa shape index (κ1) is 7.65. The number of hydrogen-bond donors (Lipinski definition) is 0. The van der Waals surface area contributed by atoms with Gasteiger partial charge < -0.3 is 0 Å². The van der Waals surface area contributed by atoms with Gasteiger partial charge in [0, 0.05) is 0 Å². The van der Waals surface area contributed by atoms with Crippen molar-refractivity contribution < 1.29 is 0 Å². The Hall–Kier alpha value is 0.649. The normalized spacial score (nSPS) is 9.71. The summed E-state index contributed by atoms with van der Waals surface area (Å²) in [5, 5.41) is 0. The van der Waals surface area contributed by atoms with E-state index in [-0.39, 0.29) is 0 Å². The van der Waals surface area contributed by atoms with E-state index in [2.05, 4.69) is 19.7 Å². The van der Waals surface area contributed by atoms with Crippen LogP contribution in [-0.4, -0.2) is 17.3 Å². The van der Waals surface area contributed by atoms with Crippen molar-refractivity contribution in [2.45, 2.75) is 16.8 Å². The van der Waals surface area contributed by atoms with Crippen LogP contribution < -0.4 is 0 Å². The van der Waals surface area contributed by atoms with Gasteiger partial charge in [0.15, 0.2) is 0 Å². The first-order chi connectivity index (χ1) is 3.06. The molecule has 0 atom stereocenters. The van der Waals surface area contributed by atoms with Gasteiger partial charge in [-0.15, -0.1) is 0 Å². The molecule has 0 aromatic heterocycles. The van der Waals surface area contributed by atoms with E-state index in [1.54, 1.807) is 0 Å². The summed E-state index contributed by atoms with van der Waals surface area (Å²) in [6.07, 6.45) is 0. The van der Waals surface area contributed by atoms with Gasteiger partial charge in [-0.3, -0.25) is 0 Å². The second-order valence-corrected chi connectivity index (χ2v) is 17.3. The summed E-state index contributed by atoms with van der Waals surface area (Å²) in [6, 6.07) is 0. The molecular formula is C5H9ClSn. The molecule has 0 saturated carbocycles. The van der Waals surface area contributed by atoms with Gasteiger partial charge >= 0.3 is 52.8 Å². The molecule has 0 N–H and O–H groups in total. The predicted octanol–water partition coefficient (Wildman–Crippen LogP) is 1.99. The SMILES string of the molecule is CC#[C][Sn]([CH3])([CH3])[Cl]. The Balaban J connectivity index is 3.72. The van der Waals surface area contributed by atoms with Crippen molar-refractivity contribution in [3.63, 3.8) is 0 Å². The van der Waals surface area contributed by atoms with Gasteiger partial charge in [0.1, 0.15) is 0 Å². The molecule has 0 aromatic carbocycles. The maximum absolute atomic E-state index is 5.87. The molecule has 0 spiro atoms. The van der Waals surface area contributed by atoms with Gasteiger partial charge in [0.2, 0.25) is 0 Å². The van der Waals surface area contributed by atoms with Crippen molar-refractivity contribution in [2.75, 3.05) is 0 Å². The fraction of sp³-hybridized carbons (Fsp3) is 0.600. The van der Waals surface area contributed by atoms with Crippen LogP contribution in [0.5, 0.6) is 0 Å². The van der Waals surface area contributed by atoms with Gasteiger partial charge in [-0.25, -0.2) is 0 Å². The zero-order chi connectivity index (χ0) is 5.91. The molecule has 0 unspecified atom stereocenters. The summed E-state index contributed by atoms with van der Waals surface area (Å²) in [5.41, 5.74) is 0. The van der Waals surface area contributed by atoms with E-state index in [1.807, 2.05) is 6.92 Å². The van der Waals surface area contributed by atoms with Crippen LogP contribution in [0.1, 0.15) is 6.92 Å². The fourth-order valence-corrected chi connectivity index (χ4v) is 2.63. The molecule has 2 heteroatoms. The van der Waals surface area contributed by atoms with E-state index in [4.69, 9.17) is 8.92 Å². The molecule has 0 aromatic rings. The van der Waals surface area contributed by atoms with Crippen LogP contribution in [-0.2, 0) is 0 Å². The third-order valence-corrected chi connectivity index (χ3v) is 3.47. The Bertz CT molecular complexity index is 101. The van der Waals surface area contributed by atoms with E-state index in [1.165, 1.54) is 0 Å². The van der Waals surface area contributed by atoms with Crippen LogP contribution in [0, 0.1) is 9.86 Å². The van der Waals surface area contributed by atoms with Gasteiger partial charge in [-0.1, -0.05) is 0 Å². The van der Waals surface area contributed by atoms with Crippen molar-refractivity contribution in [3.05, 3.63) is 0 Å². The molecule has 0 nitrogen and oxygen atoms in total. The molecule has 0 rings (SSSR count). The number of halogens is 1. The number of rotatable bonds is 0. The Morgan fingerprint density at radius 3 is 1.86 bits per heavy atom. The summed E-state index contributed by atoms with van der Waals surface area (Å²) >= 11 is -2.16. The summed E-state index contributed by atoms with van der Waals surface area (Å²) in [4.78, 5) is 4.15. The van der Waals surface area contributed by atoms with E-state index in [9.17, 15) is 0 Å². The molecule has 0 heterocycles. The first-order valence-electron chi connectivity index (χ1n) is 2.19. The van der Waals surface area contributed by atoms with Crippen molar-refractivity contribution >= 4 is 26.2 Å². The quantitative estimate of drug-likeness (QED) is 0.435. The summed E-state index contributed by atoms with van der Waals surface area (Å²) in [7, 11) is 5.87. The summed E-state index contributed by atoms with van der Waals surface area (Å²) in [6.45, 7) is 1.83. The Morgan fingerprint density at radius 1 is 1.43 bits per heavy atom. The average Bonchev–Trinajstić information content (AvgIpc) is 1.30. The molecule has 0 aliphatic rings. The topological polar surface area (TPSA) is 0 Å². The Morgan fingerprint density at radius 2 is 1.86 bits per heavy atom. The number of hydrogen-bond acceptors (Lipinski definition) is 0. The minimum atomic E-state index is -2.16. The van der Waals surface area contributed by atoms with Gasteiger partial charge in [-0.05, 0) is 0 Å². The van der Waals surface area contributed by atoms with Gasteiger partial charge in [-0.2, -0.15) is 0 Å². The molecule has 0 saturated heterocycles. The van der Waals surface area contributed by atoms with Crippen molar-refractivity contribution in [1.29, 1.82) is 0 Å². The van der Waals surface area contributed by atoms with Gasteiger partial charge in [0.05, 0.1) is 0 Å². The molecule has 0 aliphatic heterocycles. The maximum atomic E-state index is 5.87. The van der Waals surface area contributed by atoms with E-state index >= 15 is 0 Å². The fourth-order valence-electron chi connectivity index (χ4n) is 0.297. The Labute approximate surface area is 52.8 Å². The molecule has 0 amide bonds. The van der Waals surface area contributed by atoms with E-state index < -0.39 is 17.3 Å². The zero-order valence-electron chi connectivity index (χ0n) is 4.88. The van der Waals surface area contributed by atoms with Gasteiger partial charge in [0.25, 0.3) is 0 Å². The van der Waals surface area contributed by atoms with E-state index in [0.717, 1.165) is 0 Å². The Kier molecular flexibility index (Phi) is 3.10. The predicted molar refractivity (Wildman–Crippen MR) is 36.8 cm³/mol. The third kappa shape index (κ3) is 6.65. The second-order valence-electron chi connectivity index (χ2n) is 1.85. The van der Waals surface area contributed by atoms with Crippen molar-refractivity contribution in [2.24, 2.45) is 0 Å². The van der Waals surface area contributed by atoms with Crippen LogP contribution in [0.4, 0.5) is 0 Å². The molecule has 0 bridgehead atoms. The van der Waals surface area contributed by atoms with Crippen LogP contribution >= 0.6 is 8.92 Å². The molecule has 40 valence electrons. The van der Waals surface area contributed by atoms with Crippen molar-refractivity contribution in [3.8, 4) is 9.86 Å². The third-order valence-electron chi connectivity index (χ3n) is 0.422. The average molecular weight is 223 g/mol. The van der Waals surface area contributed by atoms with Crippen molar-refractivity contribution in [1.82, 2.24) is 0 Å². The molecule has 0 aliphatic carbocycles. The van der Waals surface area contributed by atoms with Crippen LogP contribution in [0.3, 0.4) is 0 Å². The zero-order valence-corrected chi connectivity index (χ0v) is 8.49. The standard InChI is InChI=1S/C3H3.2CH3.ClH.Sn/c1-3-2;;;;/h1H3;2*1H3;1H;/q;;;;+1/p-1. The monoisotopic (exact) mass is 224 g/mol. The second kappa shape index (κ2) is 2.84. The first-order valence-corrected chi connectivity index (χ1v) is 12.9. The molecule has 0 fully saturated rings. The molecular weight excluding hydrogens is 214 g/mol. The summed E-state index contributed by atoms with van der Waals surface area (Å²) in [5.74, 6) is 2.82. The van der Waals surface area contributed by atoms with Crippen LogP contribution in [0.25, 0.3) is 0 Å². The van der Waals surface area contributed by atoms with E-state index in [0.29, 0.717) is 0 Å². The molecule has 7 heavy (non-hydrogen) atoms.